The lowest BCUT2D eigenvalue weighted by Crippen LogP contribution is -2.40. The van der Waals surface area contributed by atoms with E-state index < -0.39 is 0 Å². The molecule has 0 bridgehead atoms. The van der Waals surface area contributed by atoms with Crippen molar-refractivity contribution in [3.8, 4) is 11.5 Å². The number of morpholine rings is 1. The van der Waals surface area contributed by atoms with Gasteiger partial charge in [-0.25, -0.2) is 0 Å². The fraction of sp³-hybridized carbons (Fsp3) is 0.500. The number of rotatable bonds is 5. The van der Waals surface area contributed by atoms with Gasteiger partial charge in [-0.3, -0.25) is 4.79 Å². The lowest BCUT2D eigenvalue weighted by Gasteiger charge is -2.23. The summed E-state index contributed by atoms with van der Waals surface area (Å²) >= 11 is 6.07. The van der Waals surface area contributed by atoms with E-state index in [2.05, 4.69) is 10.6 Å². The molecular weight excluding hydrogens is 296 g/mol. The average molecular weight is 315 g/mol. The molecule has 1 aliphatic rings. The average Bonchev–Trinajstić information content (AvgIpc) is 2.48. The lowest BCUT2D eigenvalue weighted by molar-refractivity contribution is -0.119. The van der Waals surface area contributed by atoms with E-state index in [-0.39, 0.29) is 18.4 Å². The van der Waals surface area contributed by atoms with Gasteiger partial charge < -0.3 is 24.8 Å². The summed E-state index contributed by atoms with van der Waals surface area (Å²) in [4.78, 5) is 12.1. The molecule has 0 spiro atoms. The first-order chi connectivity index (χ1) is 10.1. The minimum atomic E-state index is -0.150. The minimum Gasteiger partial charge on any atom is -0.495 e. The number of ether oxygens (including phenoxy) is 3. The number of hydrogen-bond acceptors (Lipinski definition) is 5. The number of amides is 1. The second-order valence-corrected chi connectivity index (χ2v) is 5.04. The topological polar surface area (TPSA) is 68.8 Å². The van der Waals surface area contributed by atoms with Gasteiger partial charge in [0.25, 0.3) is 0 Å². The van der Waals surface area contributed by atoms with Crippen LogP contribution in [-0.2, 0) is 9.53 Å². The van der Waals surface area contributed by atoms with Crippen molar-refractivity contribution in [3.63, 3.8) is 0 Å². The molecule has 1 fully saturated rings. The highest BCUT2D eigenvalue weighted by molar-refractivity contribution is 6.32. The second kappa shape index (κ2) is 7.49. The molecule has 1 amide bonds. The number of benzene rings is 1. The molecule has 1 saturated heterocycles. The Morgan fingerprint density at radius 1 is 1.43 bits per heavy atom. The van der Waals surface area contributed by atoms with Gasteiger partial charge in [-0.2, -0.15) is 0 Å². The van der Waals surface area contributed by atoms with Crippen LogP contribution in [0.2, 0.25) is 5.02 Å². The van der Waals surface area contributed by atoms with Crippen molar-refractivity contribution in [1.29, 1.82) is 0 Å². The van der Waals surface area contributed by atoms with Crippen LogP contribution in [0, 0.1) is 0 Å². The number of nitrogens with one attached hydrogen (secondary N) is 2. The van der Waals surface area contributed by atoms with E-state index in [0.717, 1.165) is 6.54 Å². The van der Waals surface area contributed by atoms with Gasteiger partial charge in [0.15, 0.2) is 0 Å². The fourth-order valence-corrected chi connectivity index (χ4v) is 2.36. The van der Waals surface area contributed by atoms with E-state index in [0.29, 0.717) is 35.4 Å². The van der Waals surface area contributed by atoms with Crippen LogP contribution in [0.15, 0.2) is 12.1 Å². The maximum Gasteiger partial charge on any atom is 0.227 e. The number of hydrogen-bond donors (Lipinski definition) is 2. The summed E-state index contributed by atoms with van der Waals surface area (Å²) in [5, 5.41) is 6.38. The van der Waals surface area contributed by atoms with E-state index in [9.17, 15) is 4.79 Å². The Morgan fingerprint density at radius 2 is 2.19 bits per heavy atom. The molecule has 1 aromatic carbocycles. The number of anilines is 1. The van der Waals surface area contributed by atoms with Crippen LogP contribution in [0.3, 0.4) is 0 Å². The second-order valence-electron chi connectivity index (χ2n) is 4.64. The van der Waals surface area contributed by atoms with E-state index in [1.54, 1.807) is 12.1 Å². The molecule has 21 heavy (non-hydrogen) atoms. The predicted octanol–water partition coefficient (Wildman–Crippen LogP) is 1.67. The third-order valence-corrected chi connectivity index (χ3v) is 3.46. The highest BCUT2D eigenvalue weighted by atomic mass is 35.5. The summed E-state index contributed by atoms with van der Waals surface area (Å²) in [7, 11) is 3.04. The van der Waals surface area contributed by atoms with E-state index in [4.69, 9.17) is 25.8 Å². The molecule has 1 atom stereocenters. The van der Waals surface area contributed by atoms with E-state index in [1.165, 1.54) is 14.2 Å². The summed E-state index contributed by atoms with van der Waals surface area (Å²) < 4.78 is 15.9. The minimum absolute atomic E-state index is 0.113. The molecule has 7 heteroatoms. The number of halogens is 1. The van der Waals surface area contributed by atoms with Crippen LogP contribution in [0.25, 0.3) is 0 Å². The Balaban J connectivity index is 2.03. The van der Waals surface area contributed by atoms with Crippen LogP contribution in [-0.4, -0.2) is 45.9 Å². The standard InChI is InChI=1S/C14H19ClN2O4/c1-19-12-7-13(20-2)11(6-10(12)15)17-14(18)5-9-8-16-3-4-21-9/h6-7,9,16H,3-5,8H2,1-2H3,(H,17,18). The summed E-state index contributed by atoms with van der Waals surface area (Å²) in [6, 6.07) is 3.24. The summed E-state index contributed by atoms with van der Waals surface area (Å²) in [6.07, 6.45) is 0.165. The van der Waals surface area contributed by atoms with Gasteiger partial charge in [0.1, 0.15) is 11.5 Å². The molecule has 6 nitrogen and oxygen atoms in total. The Morgan fingerprint density at radius 3 is 2.81 bits per heavy atom. The van der Waals surface area contributed by atoms with Crippen molar-refractivity contribution in [2.45, 2.75) is 12.5 Å². The zero-order valence-electron chi connectivity index (χ0n) is 12.1. The highest BCUT2D eigenvalue weighted by Gasteiger charge is 2.19. The van der Waals surface area contributed by atoms with Crippen LogP contribution in [0.4, 0.5) is 5.69 Å². The van der Waals surface area contributed by atoms with Crippen LogP contribution < -0.4 is 20.1 Å². The Bertz CT molecular complexity index is 504. The Hall–Kier alpha value is -1.50. The molecular formula is C14H19ClN2O4. The fourth-order valence-electron chi connectivity index (χ4n) is 2.12. The monoisotopic (exact) mass is 314 g/mol. The quantitative estimate of drug-likeness (QED) is 0.865. The van der Waals surface area contributed by atoms with Gasteiger partial charge >= 0.3 is 0 Å². The van der Waals surface area contributed by atoms with E-state index >= 15 is 0 Å². The summed E-state index contributed by atoms with van der Waals surface area (Å²) in [5.74, 6) is 0.835. The maximum atomic E-state index is 12.1. The van der Waals surface area contributed by atoms with Crippen molar-refractivity contribution in [1.82, 2.24) is 5.32 Å². The van der Waals surface area contributed by atoms with Crippen molar-refractivity contribution >= 4 is 23.2 Å². The molecule has 0 saturated carbocycles. The third-order valence-electron chi connectivity index (χ3n) is 3.17. The van der Waals surface area contributed by atoms with Crippen molar-refractivity contribution in [2.75, 3.05) is 39.2 Å². The number of methoxy groups -OCH3 is 2. The zero-order valence-corrected chi connectivity index (χ0v) is 12.8. The normalized spacial score (nSPS) is 18.1. The number of carbonyl (C=O) groups is 1. The van der Waals surface area contributed by atoms with Crippen LogP contribution >= 0.6 is 11.6 Å². The Labute approximate surface area is 128 Å². The summed E-state index contributed by atoms with van der Waals surface area (Å²) in [6.45, 7) is 2.11. The smallest absolute Gasteiger partial charge is 0.227 e. The van der Waals surface area contributed by atoms with Crippen molar-refractivity contribution in [2.24, 2.45) is 0 Å². The largest absolute Gasteiger partial charge is 0.495 e. The molecule has 2 N–H and O–H groups in total. The molecule has 1 aromatic rings. The molecule has 1 aliphatic heterocycles. The molecule has 116 valence electrons. The van der Waals surface area contributed by atoms with Gasteiger partial charge in [-0.05, 0) is 6.07 Å². The molecule has 0 aromatic heterocycles. The first-order valence-electron chi connectivity index (χ1n) is 6.67. The molecule has 2 rings (SSSR count). The van der Waals surface area contributed by atoms with Crippen LogP contribution in [0.1, 0.15) is 6.42 Å². The van der Waals surface area contributed by atoms with Crippen molar-refractivity contribution in [3.05, 3.63) is 17.2 Å². The van der Waals surface area contributed by atoms with Gasteiger partial charge in [0, 0.05) is 19.2 Å². The first kappa shape index (κ1) is 15.9. The van der Waals surface area contributed by atoms with Gasteiger partial charge in [-0.1, -0.05) is 11.6 Å². The molecule has 0 aliphatic carbocycles. The van der Waals surface area contributed by atoms with Gasteiger partial charge in [0.05, 0.1) is 44.1 Å². The Kier molecular flexibility index (Phi) is 5.67. The predicted molar refractivity (Wildman–Crippen MR) is 80.4 cm³/mol. The lowest BCUT2D eigenvalue weighted by atomic mass is 10.2. The molecule has 1 heterocycles. The van der Waals surface area contributed by atoms with Gasteiger partial charge in [0.2, 0.25) is 5.91 Å². The first-order valence-corrected chi connectivity index (χ1v) is 7.05. The van der Waals surface area contributed by atoms with Gasteiger partial charge in [-0.15, -0.1) is 0 Å². The van der Waals surface area contributed by atoms with Crippen molar-refractivity contribution < 1.29 is 19.0 Å². The summed E-state index contributed by atoms with van der Waals surface area (Å²) in [5.41, 5.74) is 0.511. The highest BCUT2D eigenvalue weighted by Crippen LogP contribution is 2.35. The van der Waals surface area contributed by atoms with Crippen LogP contribution in [0.5, 0.6) is 11.5 Å². The molecule has 1 unspecified atom stereocenters. The third kappa shape index (κ3) is 4.23. The SMILES string of the molecule is COc1cc(OC)c(NC(=O)CC2CNCCO2)cc1Cl. The molecule has 0 radical (unpaired) electrons. The zero-order chi connectivity index (χ0) is 15.2. The number of carbonyl (C=O) groups excluding carboxylic acids is 1. The van der Waals surface area contributed by atoms with E-state index in [1.807, 2.05) is 0 Å². The maximum absolute atomic E-state index is 12.1.